The van der Waals surface area contributed by atoms with Crippen LogP contribution < -0.4 is 5.32 Å². The third-order valence-electron chi connectivity index (χ3n) is 4.56. The Labute approximate surface area is 120 Å². The first-order valence-electron chi connectivity index (χ1n) is 7.18. The van der Waals surface area contributed by atoms with Gasteiger partial charge in [-0.05, 0) is 43.4 Å². The molecule has 6 heteroatoms. The van der Waals surface area contributed by atoms with E-state index in [9.17, 15) is 18.0 Å². The van der Waals surface area contributed by atoms with E-state index in [0.717, 1.165) is 37.8 Å². The molecule has 1 aliphatic heterocycles. The van der Waals surface area contributed by atoms with Crippen molar-refractivity contribution in [1.82, 2.24) is 10.2 Å². The van der Waals surface area contributed by atoms with Gasteiger partial charge in [-0.25, -0.2) is 0 Å². The van der Waals surface area contributed by atoms with Crippen molar-refractivity contribution in [3.63, 3.8) is 0 Å². The van der Waals surface area contributed by atoms with Gasteiger partial charge in [0.1, 0.15) is 11.7 Å². The number of rotatable bonds is 2. The summed E-state index contributed by atoms with van der Waals surface area (Å²) >= 11 is 0. The summed E-state index contributed by atoms with van der Waals surface area (Å²) in [7, 11) is 0. The number of benzene rings is 1. The van der Waals surface area contributed by atoms with E-state index in [-0.39, 0.29) is 11.9 Å². The van der Waals surface area contributed by atoms with E-state index < -0.39 is 23.4 Å². The predicted molar refractivity (Wildman–Crippen MR) is 69.2 cm³/mol. The number of nitrogens with one attached hydrogen (secondary N) is 1. The Morgan fingerprint density at radius 1 is 1.24 bits per heavy atom. The molecule has 1 heterocycles. The van der Waals surface area contributed by atoms with Crippen molar-refractivity contribution in [3.8, 4) is 0 Å². The summed E-state index contributed by atoms with van der Waals surface area (Å²) < 4.78 is 38.6. The summed E-state index contributed by atoms with van der Waals surface area (Å²) in [6, 6.07) is 5.48. The fourth-order valence-electron chi connectivity index (χ4n) is 3.10. The van der Waals surface area contributed by atoms with Gasteiger partial charge in [-0.1, -0.05) is 12.1 Å². The molecule has 0 bridgehead atoms. The Balaban J connectivity index is 1.70. The molecule has 1 atom stereocenters. The van der Waals surface area contributed by atoms with Gasteiger partial charge in [-0.3, -0.25) is 10.1 Å². The first kappa shape index (κ1) is 13.1. The Morgan fingerprint density at radius 2 is 1.95 bits per heavy atom. The second-order valence-electron chi connectivity index (χ2n) is 6.20. The van der Waals surface area contributed by atoms with Crippen LogP contribution in [-0.2, 0) is 11.0 Å². The van der Waals surface area contributed by atoms with Crippen LogP contribution in [0.15, 0.2) is 24.3 Å². The fraction of sp³-hybridized carbons (Fsp3) is 0.533. The standard InChI is InChI=1S/C15H15F3N2O/c16-15(17,18)10-3-1-2-9(8-10)12-19-14(6-7-14)13(21)20(12)11-4-5-11/h1-3,8,11-12,19H,4-7H2. The van der Waals surface area contributed by atoms with Gasteiger partial charge in [-0.2, -0.15) is 13.2 Å². The highest BCUT2D eigenvalue weighted by Gasteiger charge is 2.61. The molecule has 1 saturated heterocycles. The number of nitrogens with zero attached hydrogens (tertiary/aromatic N) is 1. The van der Waals surface area contributed by atoms with Crippen LogP contribution in [0.4, 0.5) is 13.2 Å². The number of amides is 1. The molecule has 1 aromatic carbocycles. The summed E-state index contributed by atoms with van der Waals surface area (Å²) in [5, 5.41) is 3.27. The van der Waals surface area contributed by atoms with Gasteiger partial charge in [0.2, 0.25) is 5.91 Å². The molecule has 1 N–H and O–H groups in total. The molecule has 2 saturated carbocycles. The van der Waals surface area contributed by atoms with Gasteiger partial charge < -0.3 is 4.90 Å². The van der Waals surface area contributed by atoms with Crippen molar-refractivity contribution in [2.75, 3.05) is 0 Å². The Kier molecular flexibility index (Phi) is 2.50. The summed E-state index contributed by atoms with van der Waals surface area (Å²) in [6.07, 6.45) is -1.33. The highest BCUT2D eigenvalue weighted by molar-refractivity contribution is 5.92. The lowest BCUT2D eigenvalue weighted by Crippen LogP contribution is -2.33. The lowest BCUT2D eigenvalue weighted by Gasteiger charge is -2.25. The van der Waals surface area contributed by atoms with Crippen LogP contribution in [0.1, 0.15) is 43.0 Å². The monoisotopic (exact) mass is 296 g/mol. The maximum Gasteiger partial charge on any atom is 0.416 e. The maximum absolute atomic E-state index is 12.9. The van der Waals surface area contributed by atoms with E-state index in [1.165, 1.54) is 6.07 Å². The molecule has 1 unspecified atom stereocenters. The number of halogens is 3. The zero-order chi connectivity index (χ0) is 14.8. The summed E-state index contributed by atoms with van der Waals surface area (Å²) in [5.74, 6) is 0.0624. The number of hydrogen-bond acceptors (Lipinski definition) is 2. The molecular formula is C15H15F3N2O. The SMILES string of the molecule is O=C1N(C2CC2)C(c2cccc(C(F)(F)F)c2)NC12CC2. The van der Waals surface area contributed by atoms with Crippen LogP contribution in [0.25, 0.3) is 0 Å². The Bertz CT molecular complexity index is 605. The molecular weight excluding hydrogens is 281 g/mol. The minimum atomic E-state index is -4.36. The first-order chi connectivity index (χ1) is 9.91. The maximum atomic E-state index is 12.9. The van der Waals surface area contributed by atoms with Crippen molar-refractivity contribution in [2.24, 2.45) is 0 Å². The van der Waals surface area contributed by atoms with Crippen LogP contribution in [0, 0.1) is 0 Å². The molecule has 112 valence electrons. The molecule has 1 aromatic rings. The van der Waals surface area contributed by atoms with Gasteiger partial charge in [0.05, 0.1) is 5.56 Å². The third-order valence-corrected chi connectivity index (χ3v) is 4.56. The smallest absolute Gasteiger partial charge is 0.318 e. The van der Waals surface area contributed by atoms with Crippen LogP contribution in [0.3, 0.4) is 0 Å². The minimum Gasteiger partial charge on any atom is -0.318 e. The van der Waals surface area contributed by atoms with Crippen molar-refractivity contribution in [1.29, 1.82) is 0 Å². The summed E-state index contributed by atoms with van der Waals surface area (Å²) in [5.41, 5.74) is -0.641. The molecule has 1 spiro atoms. The van der Waals surface area contributed by atoms with E-state index in [1.54, 1.807) is 11.0 Å². The van der Waals surface area contributed by atoms with Gasteiger partial charge in [0.25, 0.3) is 0 Å². The van der Waals surface area contributed by atoms with Crippen molar-refractivity contribution < 1.29 is 18.0 Å². The van der Waals surface area contributed by atoms with E-state index in [1.807, 2.05) is 0 Å². The van der Waals surface area contributed by atoms with Crippen LogP contribution in [-0.4, -0.2) is 22.4 Å². The molecule has 3 nitrogen and oxygen atoms in total. The second-order valence-corrected chi connectivity index (χ2v) is 6.20. The molecule has 2 aliphatic carbocycles. The lowest BCUT2D eigenvalue weighted by atomic mass is 10.1. The minimum absolute atomic E-state index is 0.0624. The van der Waals surface area contributed by atoms with Gasteiger partial charge >= 0.3 is 6.18 Å². The number of carbonyl (C=O) groups excluding carboxylic acids is 1. The molecule has 1 amide bonds. The Hall–Kier alpha value is -1.56. The van der Waals surface area contributed by atoms with E-state index in [4.69, 9.17) is 0 Å². The Morgan fingerprint density at radius 3 is 2.52 bits per heavy atom. The zero-order valence-electron chi connectivity index (χ0n) is 11.3. The van der Waals surface area contributed by atoms with Crippen LogP contribution >= 0.6 is 0 Å². The number of carbonyl (C=O) groups is 1. The average molecular weight is 296 g/mol. The normalized spacial score (nSPS) is 27.5. The lowest BCUT2D eigenvalue weighted by molar-refractivity contribution is -0.137. The van der Waals surface area contributed by atoms with E-state index in [2.05, 4.69) is 5.32 Å². The molecule has 0 radical (unpaired) electrons. The van der Waals surface area contributed by atoms with Crippen molar-refractivity contribution in [3.05, 3.63) is 35.4 Å². The van der Waals surface area contributed by atoms with Gasteiger partial charge in [0, 0.05) is 6.04 Å². The van der Waals surface area contributed by atoms with Gasteiger partial charge in [-0.15, -0.1) is 0 Å². The topological polar surface area (TPSA) is 32.3 Å². The predicted octanol–water partition coefficient (Wildman–Crippen LogP) is 2.83. The summed E-state index contributed by atoms with van der Waals surface area (Å²) in [6.45, 7) is 0. The second kappa shape index (κ2) is 4.00. The molecule has 3 aliphatic rings. The van der Waals surface area contributed by atoms with E-state index >= 15 is 0 Å². The fourth-order valence-corrected chi connectivity index (χ4v) is 3.10. The number of hydrogen-bond donors (Lipinski definition) is 1. The van der Waals surface area contributed by atoms with Crippen LogP contribution in [0.2, 0.25) is 0 Å². The molecule has 0 aromatic heterocycles. The van der Waals surface area contributed by atoms with Gasteiger partial charge in [0.15, 0.2) is 0 Å². The first-order valence-corrected chi connectivity index (χ1v) is 7.18. The number of alkyl halides is 3. The average Bonchev–Trinajstić information content (AvgIpc) is 3.31. The largest absolute Gasteiger partial charge is 0.416 e. The van der Waals surface area contributed by atoms with Crippen LogP contribution in [0.5, 0.6) is 0 Å². The summed E-state index contributed by atoms with van der Waals surface area (Å²) in [4.78, 5) is 14.2. The van der Waals surface area contributed by atoms with E-state index in [0.29, 0.717) is 5.56 Å². The molecule has 21 heavy (non-hydrogen) atoms. The zero-order valence-corrected chi connectivity index (χ0v) is 11.3. The van der Waals surface area contributed by atoms with Crippen molar-refractivity contribution >= 4 is 5.91 Å². The quantitative estimate of drug-likeness (QED) is 0.910. The van der Waals surface area contributed by atoms with Crippen molar-refractivity contribution in [2.45, 2.75) is 49.6 Å². The highest BCUT2D eigenvalue weighted by Crippen LogP contribution is 2.49. The molecule has 4 rings (SSSR count). The third kappa shape index (κ3) is 2.04. The molecule has 3 fully saturated rings. The highest BCUT2D eigenvalue weighted by atomic mass is 19.4.